The molecule has 0 aliphatic rings. The molecule has 0 radical (unpaired) electrons. The molecule has 88 valence electrons. The van der Waals surface area contributed by atoms with E-state index in [9.17, 15) is 9.18 Å². The molecule has 2 aromatic rings. The van der Waals surface area contributed by atoms with Gasteiger partial charge in [-0.05, 0) is 18.2 Å². The zero-order chi connectivity index (χ0) is 12.4. The summed E-state index contributed by atoms with van der Waals surface area (Å²) in [5, 5.41) is 8.53. The zero-order valence-corrected chi connectivity index (χ0v) is 9.07. The highest BCUT2D eigenvalue weighted by atomic mass is 35.5. The van der Waals surface area contributed by atoms with Gasteiger partial charge in [0, 0.05) is 12.1 Å². The molecule has 0 aliphatic carbocycles. The molecular formula is C11H6ClFO4. The van der Waals surface area contributed by atoms with Crippen molar-refractivity contribution in [3.05, 3.63) is 46.9 Å². The van der Waals surface area contributed by atoms with Crippen molar-refractivity contribution in [3.8, 4) is 11.7 Å². The molecule has 0 bridgehead atoms. The molecule has 0 aliphatic heterocycles. The molecule has 0 saturated carbocycles. The normalized spacial score (nSPS) is 10.2. The highest BCUT2D eigenvalue weighted by molar-refractivity contribution is 6.30. The van der Waals surface area contributed by atoms with Gasteiger partial charge in [-0.25, -0.2) is 9.18 Å². The van der Waals surface area contributed by atoms with Gasteiger partial charge in [-0.2, -0.15) is 0 Å². The van der Waals surface area contributed by atoms with Gasteiger partial charge in [-0.1, -0.05) is 11.6 Å². The van der Waals surface area contributed by atoms with Gasteiger partial charge in [0.25, 0.3) is 5.95 Å². The molecular weight excluding hydrogens is 251 g/mol. The van der Waals surface area contributed by atoms with Crippen molar-refractivity contribution in [1.82, 2.24) is 0 Å². The van der Waals surface area contributed by atoms with Gasteiger partial charge in [-0.15, -0.1) is 0 Å². The SMILES string of the molecule is O=C(O)c1ccc(Oc2ccc(F)c(Cl)c2)o1. The predicted octanol–water partition coefficient (Wildman–Crippen LogP) is 3.56. The largest absolute Gasteiger partial charge is 0.475 e. The Morgan fingerprint density at radius 1 is 1.35 bits per heavy atom. The Labute approximate surface area is 100 Å². The van der Waals surface area contributed by atoms with Gasteiger partial charge < -0.3 is 14.3 Å². The Hall–Kier alpha value is -2.01. The fourth-order valence-corrected chi connectivity index (χ4v) is 1.32. The summed E-state index contributed by atoms with van der Waals surface area (Å²) in [7, 11) is 0. The Balaban J connectivity index is 2.19. The standard InChI is InChI=1S/C11H6ClFO4/c12-7-5-6(1-2-8(7)13)16-10-4-3-9(17-10)11(14)15/h1-5H,(H,14,15). The number of hydrogen-bond acceptors (Lipinski definition) is 3. The molecule has 17 heavy (non-hydrogen) atoms. The van der Waals surface area contributed by atoms with E-state index in [1.807, 2.05) is 0 Å². The van der Waals surface area contributed by atoms with Gasteiger partial charge in [-0.3, -0.25) is 0 Å². The first-order valence-electron chi connectivity index (χ1n) is 4.52. The Kier molecular flexibility index (Phi) is 3.01. The highest BCUT2D eigenvalue weighted by Crippen LogP contribution is 2.27. The fourth-order valence-electron chi connectivity index (χ4n) is 1.15. The fraction of sp³-hybridized carbons (Fsp3) is 0. The van der Waals surface area contributed by atoms with E-state index in [0.717, 1.165) is 6.07 Å². The molecule has 0 amide bonds. The summed E-state index contributed by atoms with van der Waals surface area (Å²) in [4.78, 5) is 10.5. The number of carbonyl (C=O) groups is 1. The van der Waals surface area contributed by atoms with Crippen molar-refractivity contribution < 1.29 is 23.4 Å². The average Bonchev–Trinajstić information content (AvgIpc) is 2.72. The molecule has 1 N–H and O–H groups in total. The van der Waals surface area contributed by atoms with E-state index in [1.54, 1.807) is 0 Å². The summed E-state index contributed by atoms with van der Waals surface area (Å²) >= 11 is 5.56. The van der Waals surface area contributed by atoms with Gasteiger partial charge in [0.15, 0.2) is 0 Å². The lowest BCUT2D eigenvalue weighted by Crippen LogP contribution is -1.91. The van der Waals surface area contributed by atoms with E-state index in [4.69, 9.17) is 25.9 Å². The van der Waals surface area contributed by atoms with Gasteiger partial charge in [0.05, 0.1) is 5.02 Å². The van der Waals surface area contributed by atoms with Crippen molar-refractivity contribution in [2.45, 2.75) is 0 Å². The van der Waals surface area contributed by atoms with Crippen LogP contribution in [0.15, 0.2) is 34.7 Å². The number of rotatable bonds is 3. The van der Waals surface area contributed by atoms with Crippen LogP contribution in [0.5, 0.6) is 11.7 Å². The molecule has 0 fully saturated rings. The minimum absolute atomic E-state index is 0.00919. The summed E-state index contributed by atoms with van der Waals surface area (Å²) in [5.41, 5.74) is 0. The number of halogens is 2. The zero-order valence-electron chi connectivity index (χ0n) is 8.31. The molecule has 1 aromatic carbocycles. The molecule has 1 aromatic heterocycles. The van der Waals surface area contributed by atoms with Crippen molar-refractivity contribution in [2.75, 3.05) is 0 Å². The molecule has 0 unspecified atom stereocenters. The lowest BCUT2D eigenvalue weighted by atomic mass is 10.3. The third-order valence-corrected chi connectivity index (χ3v) is 2.19. The van der Waals surface area contributed by atoms with Crippen LogP contribution in [0.1, 0.15) is 10.6 Å². The Morgan fingerprint density at radius 3 is 2.71 bits per heavy atom. The van der Waals surface area contributed by atoms with Crippen molar-refractivity contribution in [3.63, 3.8) is 0 Å². The molecule has 2 rings (SSSR count). The number of carboxylic acids is 1. The minimum Gasteiger partial charge on any atom is -0.475 e. The average molecular weight is 257 g/mol. The van der Waals surface area contributed by atoms with Crippen LogP contribution in [-0.4, -0.2) is 11.1 Å². The topological polar surface area (TPSA) is 59.7 Å². The maximum Gasteiger partial charge on any atom is 0.371 e. The number of carboxylic acid groups (broad SMARTS) is 1. The van der Waals surface area contributed by atoms with E-state index < -0.39 is 11.8 Å². The van der Waals surface area contributed by atoms with E-state index >= 15 is 0 Å². The molecule has 0 saturated heterocycles. The lowest BCUT2D eigenvalue weighted by molar-refractivity contribution is 0.0657. The number of furan rings is 1. The molecule has 0 spiro atoms. The van der Waals surface area contributed by atoms with E-state index in [1.165, 1.54) is 24.3 Å². The summed E-state index contributed by atoms with van der Waals surface area (Å²) in [5.74, 6) is -1.76. The van der Waals surface area contributed by atoms with Crippen molar-refractivity contribution in [2.24, 2.45) is 0 Å². The number of ether oxygens (including phenoxy) is 1. The second-order valence-electron chi connectivity index (χ2n) is 3.10. The van der Waals surface area contributed by atoms with Crippen molar-refractivity contribution >= 4 is 17.6 Å². The van der Waals surface area contributed by atoms with Crippen LogP contribution in [0.4, 0.5) is 4.39 Å². The third-order valence-electron chi connectivity index (χ3n) is 1.90. The smallest absolute Gasteiger partial charge is 0.371 e. The second-order valence-corrected chi connectivity index (χ2v) is 3.51. The molecule has 4 nitrogen and oxygen atoms in total. The van der Waals surface area contributed by atoms with Crippen LogP contribution >= 0.6 is 11.6 Å². The lowest BCUT2D eigenvalue weighted by Gasteiger charge is -2.02. The summed E-state index contributed by atoms with van der Waals surface area (Å²) in [6.07, 6.45) is 0. The molecule has 0 atom stereocenters. The summed E-state index contributed by atoms with van der Waals surface area (Å²) in [6.45, 7) is 0. The maximum atomic E-state index is 12.9. The van der Waals surface area contributed by atoms with E-state index in [-0.39, 0.29) is 22.5 Å². The van der Waals surface area contributed by atoms with Crippen LogP contribution in [0.25, 0.3) is 0 Å². The van der Waals surface area contributed by atoms with Crippen LogP contribution in [0.3, 0.4) is 0 Å². The third kappa shape index (κ3) is 2.57. The molecule has 6 heteroatoms. The minimum atomic E-state index is -1.20. The quantitative estimate of drug-likeness (QED) is 0.912. The van der Waals surface area contributed by atoms with E-state index in [0.29, 0.717) is 0 Å². The van der Waals surface area contributed by atoms with Crippen molar-refractivity contribution in [1.29, 1.82) is 0 Å². The Morgan fingerprint density at radius 2 is 2.12 bits per heavy atom. The number of aromatic carboxylic acids is 1. The number of benzene rings is 1. The number of hydrogen-bond donors (Lipinski definition) is 1. The summed E-state index contributed by atoms with van der Waals surface area (Å²) < 4.78 is 22.9. The molecule has 1 heterocycles. The first-order valence-corrected chi connectivity index (χ1v) is 4.90. The van der Waals surface area contributed by atoms with E-state index in [2.05, 4.69) is 0 Å². The predicted molar refractivity (Wildman–Crippen MR) is 57.2 cm³/mol. The summed E-state index contributed by atoms with van der Waals surface area (Å²) in [6, 6.07) is 6.35. The van der Waals surface area contributed by atoms with Gasteiger partial charge in [0.1, 0.15) is 11.6 Å². The van der Waals surface area contributed by atoms with Crippen LogP contribution in [0.2, 0.25) is 5.02 Å². The Bertz CT molecular complexity index is 564. The maximum absolute atomic E-state index is 12.9. The highest BCUT2D eigenvalue weighted by Gasteiger charge is 2.10. The van der Waals surface area contributed by atoms with Crippen LogP contribution < -0.4 is 4.74 Å². The second kappa shape index (κ2) is 4.47. The first kappa shape index (κ1) is 11.5. The monoisotopic (exact) mass is 256 g/mol. The first-order chi connectivity index (χ1) is 8.06. The van der Waals surface area contributed by atoms with Crippen LogP contribution in [-0.2, 0) is 0 Å². The van der Waals surface area contributed by atoms with Crippen LogP contribution in [0, 0.1) is 5.82 Å². The van der Waals surface area contributed by atoms with Gasteiger partial charge >= 0.3 is 5.97 Å². The van der Waals surface area contributed by atoms with Gasteiger partial charge in [0.2, 0.25) is 5.76 Å².